The number of ether oxygens (including phenoxy) is 1. The first kappa shape index (κ1) is 14.6. The summed E-state index contributed by atoms with van der Waals surface area (Å²) in [6.07, 6.45) is 5.03. The van der Waals surface area contributed by atoms with Crippen molar-refractivity contribution in [1.82, 2.24) is 9.97 Å². The number of anilines is 1. The Balaban J connectivity index is 2.16. The van der Waals surface area contributed by atoms with E-state index in [-0.39, 0.29) is 12.0 Å². The van der Waals surface area contributed by atoms with E-state index >= 15 is 0 Å². The Morgan fingerprint density at radius 2 is 2.20 bits per heavy atom. The molecule has 0 radical (unpaired) electrons. The standard InChI is InChI=1S/C14H21N3O3/c1-3-20-13-9(2)12(15-8-16-13)17-11-7-5-4-6-10(11)14(18)19/h8,10-11H,3-7H2,1-2H3,(H,18,19)(H,15,16,17). The van der Waals surface area contributed by atoms with E-state index in [4.69, 9.17) is 4.74 Å². The van der Waals surface area contributed by atoms with E-state index in [1.54, 1.807) is 0 Å². The van der Waals surface area contributed by atoms with Crippen molar-refractivity contribution in [3.8, 4) is 5.88 Å². The molecule has 0 amide bonds. The van der Waals surface area contributed by atoms with Crippen LogP contribution in [-0.4, -0.2) is 33.7 Å². The van der Waals surface area contributed by atoms with Gasteiger partial charge >= 0.3 is 5.97 Å². The molecule has 0 spiro atoms. The van der Waals surface area contributed by atoms with Gasteiger partial charge in [-0.25, -0.2) is 9.97 Å². The Bertz CT molecular complexity index is 479. The summed E-state index contributed by atoms with van der Waals surface area (Å²) in [5.41, 5.74) is 0.823. The van der Waals surface area contributed by atoms with Crippen LogP contribution in [0.5, 0.6) is 5.88 Å². The van der Waals surface area contributed by atoms with Gasteiger partial charge in [-0.1, -0.05) is 12.8 Å². The summed E-state index contributed by atoms with van der Waals surface area (Å²) < 4.78 is 5.43. The van der Waals surface area contributed by atoms with Crippen molar-refractivity contribution in [3.63, 3.8) is 0 Å². The molecule has 2 unspecified atom stereocenters. The fourth-order valence-electron chi connectivity index (χ4n) is 2.64. The summed E-state index contributed by atoms with van der Waals surface area (Å²) in [6.45, 7) is 4.32. The molecular formula is C14H21N3O3. The smallest absolute Gasteiger partial charge is 0.308 e. The number of carboxylic acids is 1. The second-order valence-corrected chi connectivity index (χ2v) is 5.07. The number of hydrogen-bond donors (Lipinski definition) is 2. The van der Waals surface area contributed by atoms with Gasteiger partial charge in [-0.2, -0.15) is 0 Å². The van der Waals surface area contributed by atoms with Crippen LogP contribution < -0.4 is 10.1 Å². The zero-order valence-electron chi connectivity index (χ0n) is 11.9. The maximum atomic E-state index is 11.3. The van der Waals surface area contributed by atoms with Gasteiger partial charge in [0.05, 0.1) is 18.1 Å². The molecule has 110 valence electrons. The molecule has 2 atom stereocenters. The number of nitrogens with one attached hydrogen (secondary N) is 1. The van der Waals surface area contributed by atoms with E-state index in [0.29, 0.717) is 18.3 Å². The van der Waals surface area contributed by atoms with Crippen LogP contribution in [0.15, 0.2) is 6.33 Å². The second-order valence-electron chi connectivity index (χ2n) is 5.07. The van der Waals surface area contributed by atoms with E-state index < -0.39 is 5.97 Å². The van der Waals surface area contributed by atoms with E-state index in [0.717, 1.165) is 31.2 Å². The lowest BCUT2D eigenvalue weighted by Gasteiger charge is -2.30. The third-order valence-corrected chi connectivity index (χ3v) is 3.72. The van der Waals surface area contributed by atoms with Gasteiger partial charge in [0.1, 0.15) is 12.1 Å². The second kappa shape index (κ2) is 6.54. The van der Waals surface area contributed by atoms with E-state index in [9.17, 15) is 9.90 Å². The molecule has 2 rings (SSSR count). The summed E-state index contributed by atoms with van der Waals surface area (Å²) in [7, 11) is 0. The highest BCUT2D eigenvalue weighted by molar-refractivity contribution is 5.72. The molecule has 1 heterocycles. The van der Waals surface area contributed by atoms with Crippen LogP contribution in [-0.2, 0) is 4.79 Å². The van der Waals surface area contributed by atoms with E-state index in [2.05, 4.69) is 15.3 Å². The normalized spacial score (nSPS) is 22.3. The molecule has 6 nitrogen and oxygen atoms in total. The lowest BCUT2D eigenvalue weighted by Crippen LogP contribution is -2.37. The van der Waals surface area contributed by atoms with Crippen molar-refractivity contribution in [2.24, 2.45) is 5.92 Å². The van der Waals surface area contributed by atoms with Gasteiger partial charge in [0, 0.05) is 6.04 Å². The van der Waals surface area contributed by atoms with Gasteiger partial charge in [0.2, 0.25) is 5.88 Å². The Morgan fingerprint density at radius 3 is 2.90 bits per heavy atom. The molecule has 0 aliphatic heterocycles. The monoisotopic (exact) mass is 279 g/mol. The summed E-state index contributed by atoms with van der Waals surface area (Å²) in [5, 5.41) is 12.6. The highest BCUT2D eigenvalue weighted by atomic mass is 16.5. The molecule has 6 heteroatoms. The third kappa shape index (κ3) is 3.18. The number of carbonyl (C=O) groups is 1. The van der Waals surface area contributed by atoms with E-state index in [1.807, 2.05) is 13.8 Å². The van der Waals surface area contributed by atoms with Crippen LogP contribution in [0.4, 0.5) is 5.82 Å². The van der Waals surface area contributed by atoms with Crippen molar-refractivity contribution < 1.29 is 14.6 Å². The van der Waals surface area contributed by atoms with E-state index in [1.165, 1.54) is 6.33 Å². The van der Waals surface area contributed by atoms with Crippen molar-refractivity contribution in [2.45, 2.75) is 45.6 Å². The molecule has 1 fully saturated rings. The predicted octanol–water partition coefficient (Wildman–Crippen LogP) is 2.24. The SMILES string of the molecule is CCOc1ncnc(NC2CCCCC2C(=O)O)c1C. The molecule has 2 N–H and O–H groups in total. The number of nitrogens with zero attached hydrogens (tertiary/aromatic N) is 2. The van der Waals surface area contributed by atoms with Crippen LogP contribution in [0.1, 0.15) is 38.2 Å². The molecule has 20 heavy (non-hydrogen) atoms. The first-order chi connectivity index (χ1) is 9.63. The van der Waals surface area contributed by atoms with Crippen molar-refractivity contribution in [2.75, 3.05) is 11.9 Å². The zero-order chi connectivity index (χ0) is 14.5. The number of carboxylic acid groups (broad SMARTS) is 1. The van der Waals surface area contributed by atoms with Gasteiger partial charge in [0.25, 0.3) is 0 Å². The van der Waals surface area contributed by atoms with Crippen molar-refractivity contribution in [3.05, 3.63) is 11.9 Å². The van der Waals surface area contributed by atoms with Gasteiger partial charge in [-0.15, -0.1) is 0 Å². The van der Waals surface area contributed by atoms with Crippen molar-refractivity contribution >= 4 is 11.8 Å². The van der Waals surface area contributed by atoms with Crippen LogP contribution in [0.3, 0.4) is 0 Å². The van der Waals surface area contributed by atoms with Crippen LogP contribution >= 0.6 is 0 Å². The lowest BCUT2D eigenvalue weighted by atomic mass is 9.84. The number of hydrogen-bond acceptors (Lipinski definition) is 5. The number of aliphatic carboxylic acids is 1. The Hall–Kier alpha value is -1.85. The average molecular weight is 279 g/mol. The lowest BCUT2D eigenvalue weighted by molar-refractivity contribution is -0.143. The topological polar surface area (TPSA) is 84.3 Å². The molecule has 0 bridgehead atoms. The Morgan fingerprint density at radius 1 is 1.45 bits per heavy atom. The molecule has 1 aliphatic rings. The first-order valence-electron chi connectivity index (χ1n) is 7.07. The zero-order valence-corrected chi connectivity index (χ0v) is 11.9. The molecule has 1 aliphatic carbocycles. The predicted molar refractivity (Wildman–Crippen MR) is 74.9 cm³/mol. The van der Waals surface area contributed by atoms with Crippen LogP contribution in [0, 0.1) is 12.8 Å². The van der Waals surface area contributed by atoms with Gasteiger partial charge in [-0.05, 0) is 26.7 Å². The maximum absolute atomic E-state index is 11.3. The Kier molecular flexibility index (Phi) is 4.76. The average Bonchev–Trinajstić information content (AvgIpc) is 2.44. The number of aromatic nitrogens is 2. The molecule has 1 aromatic heterocycles. The van der Waals surface area contributed by atoms with Crippen molar-refractivity contribution in [1.29, 1.82) is 0 Å². The van der Waals surface area contributed by atoms with Crippen LogP contribution in [0.2, 0.25) is 0 Å². The quantitative estimate of drug-likeness (QED) is 0.860. The first-order valence-corrected chi connectivity index (χ1v) is 7.07. The fourth-order valence-corrected chi connectivity index (χ4v) is 2.64. The molecule has 0 aromatic carbocycles. The highest BCUT2D eigenvalue weighted by Gasteiger charge is 2.31. The highest BCUT2D eigenvalue weighted by Crippen LogP contribution is 2.29. The fraction of sp³-hybridized carbons (Fsp3) is 0.643. The minimum absolute atomic E-state index is 0.0793. The number of rotatable bonds is 5. The summed E-state index contributed by atoms with van der Waals surface area (Å²) in [6, 6.07) is -0.0793. The minimum Gasteiger partial charge on any atom is -0.481 e. The molecule has 0 saturated heterocycles. The largest absolute Gasteiger partial charge is 0.481 e. The van der Waals surface area contributed by atoms with Gasteiger partial charge in [-0.3, -0.25) is 4.79 Å². The third-order valence-electron chi connectivity index (χ3n) is 3.72. The molecular weight excluding hydrogens is 258 g/mol. The molecule has 1 saturated carbocycles. The summed E-state index contributed by atoms with van der Waals surface area (Å²) in [5.74, 6) is 0.127. The minimum atomic E-state index is -0.737. The Labute approximate surface area is 118 Å². The maximum Gasteiger partial charge on any atom is 0.308 e. The van der Waals surface area contributed by atoms with Crippen LogP contribution in [0.25, 0.3) is 0 Å². The summed E-state index contributed by atoms with van der Waals surface area (Å²) >= 11 is 0. The van der Waals surface area contributed by atoms with Gasteiger partial charge < -0.3 is 15.2 Å². The van der Waals surface area contributed by atoms with Gasteiger partial charge in [0.15, 0.2) is 0 Å². The molecule has 1 aromatic rings. The summed E-state index contributed by atoms with van der Waals surface area (Å²) in [4.78, 5) is 19.6.